The second-order valence-corrected chi connectivity index (χ2v) is 13.8. The third kappa shape index (κ3) is 19.7. The molecule has 0 aromatic carbocycles. The quantitative estimate of drug-likeness (QED) is 0.300. The second kappa shape index (κ2) is 25.0. The molecular formula is C37H72. The maximum atomic E-state index is 1.56. The molecule has 0 aliphatic heterocycles. The summed E-state index contributed by atoms with van der Waals surface area (Å²) in [6.45, 7) is 0. The lowest BCUT2D eigenvalue weighted by molar-refractivity contribution is 0.146. The Kier molecular flexibility index (Phi) is 22.4. The van der Waals surface area contributed by atoms with Gasteiger partial charge in [0.15, 0.2) is 0 Å². The standard InChI is InChI=1S/C37H72/c1-2-4-6-8-10-12-14-16-18-20-22-24-26-29-33-37(35-31-28-32-36-37)34-30-27-25-23-21-19-17-15-13-11-9-7-5-3-1/h1-36H2. The summed E-state index contributed by atoms with van der Waals surface area (Å²) < 4.78 is 0. The zero-order chi connectivity index (χ0) is 26.0. The molecule has 2 saturated carbocycles. The molecule has 0 bridgehead atoms. The van der Waals surface area contributed by atoms with Gasteiger partial charge in [0.2, 0.25) is 0 Å². The van der Waals surface area contributed by atoms with Crippen LogP contribution in [-0.2, 0) is 0 Å². The van der Waals surface area contributed by atoms with E-state index >= 15 is 0 Å². The molecule has 220 valence electrons. The maximum absolute atomic E-state index is 1.56. The molecule has 0 unspecified atom stereocenters. The van der Waals surface area contributed by atoms with Crippen LogP contribution in [0.1, 0.15) is 231 Å². The molecule has 37 heavy (non-hydrogen) atoms. The lowest BCUT2D eigenvalue weighted by atomic mass is 9.68. The van der Waals surface area contributed by atoms with Gasteiger partial charge in [0.25, 0.3) is 0 Å². The molecule has 1 spiro atoms. The van der Waals surface area contributed by atoms with Gasteiger partial charge in [-0.3, -0.25) is 0 Å². The van der Waals surface area contributed by atoms with E-state index < -0.39 is 0 Å². The van der Waals surface area contributed by atoms with Crippen LogP contribution in [0.2, 0.25) is 0 Å². The van der Waals surface area contributed by atoms with Crippen molar-refractivity contribution in [3.05, 3.63) is 0 Å². The highest BCUT2D eigenvalue weighted by Gasteiger charge is 2.30. The molecule has 2 aliphatic carbocycles. The van der Waals surface area contributed by atoms with Gasteiger partial charge in [0.1, 0.15) is 0 Å². The summed E-state index contributed by atoms with van der Waals surface area (Å²) >= 11 is 0. The molecule has 0 N–H and O–H groups in total. The van der Waals surface area contributed by atoms with Gasteiger partial charge < -0.3 is 0 Å². The summed E-state index contributed by atoms with van der Waals surface area (Å²) in [5, 5.41) is 0. The third-order valence-corrected chi connectivity index (χ3v) is 10.3. The maximum Gasteiger partial charge on any atom is -0.0297 e. The van der Waals surface area contributed by atoms with Gasteiger partial charge in [0.05, 0.1) is 0 Å². The Morgan fingerprint density at radius 3 is 0.405 bits per heavy atom. The summed E-state index contributed by atoms with van der Waals surface area (Å²) in [5.41, 5.74) is 0.761. The molecule has 0 heterocycles. The monoisotopic (exact) mass is 517 g/mol. The fraction of sp³-hybridized carbons (Fsp3) is 1.00. The number of rotatable bonds is 0. The summed E-state index contributed by atoms with van der Waals surface area (Å²) in [7, 11) is 0. The Morgan fingerprint density at radius 2 is 0.243 bits per heavy atom. The average molecular weight is 517 g/mol. The molecule has 0 aromatic heterocycles. The highest BCUT2D eigenvalue weighted by atomic mass is 14.4. The minimum atomic E-state index is 0.761. The molecule has 0 aromatic rings. The van der Waals surface area contributed by atoms with Crippen LogP contribution in [-0.4, -0.2) is 0 Å². The SMILES string of the molecule is C1CCCCCCCCCCCCCCCC2(CCCCCCCCCCCCCCC1)CCCCC2. The summed E-state index contributed by atoms with van der Waals surface area (Å²) in [5.74, 6) is 0. The average Bonchev–Trinajstić information content (AvgIpc) is 2.92. The highest BCUT2D eigenvalue weighted by molar-refractivity contribution is 4.83. The number of hydrogen-bond donors (Lipinski definition) is 0. The van der Waals surface area contributed by atoms with Gasteiger partial charge in [-0.25, -0.2) is 0 Å². The molecule has 0 heteroatoms. The van der Waals surface area contributed by atoms with Crippen LogP contribution in [0.25, 0.3) is 0 Å². The van der Waals surface area contributed by atoms with Crippen LogP contribution in [0, 0.1) is 5.41 Å². The van der Waals surface area contributed by atoms with Crippen LogP contribution in [0.4, 0.5) is 0 Å². The van der Waals surface area contributed by atoms with Crippen LogP contribution in [0.15, 0.2) is 0 Å². The van der Waals surface area contributed by atoms with E-state index in [9.17, 15) is 0 Å². The largest absolute Gasteiger partial charge is 0.0533 e. The van der Waals surface area contributed by atoms with Crippen LogP contribution >= 0.6 is 0 Å². The first-order valence-corrected chi connectivity index (χ1v) is 18.4. The zero-order valence-corrected chi connectivity index (χ0v) is 26.0. The van der Waals surface area contributed by atoms with Crippen molar-refractivity contribution in [3.63, 3.8) is 0 Å². The Hall–Kier alpha value is 0. The first-order valence-electron chi connectivity index (χ1n) is 18.4. The van der Waals surface area contributed by atoms with E-state index in [-0.39, 0.29) is 0 Å². The van der Waals surface area contributed by atoms with Crippen LogP contribution in [0.3, 0.4) is 0 Å². The summed E-state index contributed by atoms with van der Waals surface area (Å²) in [6, 6.07) is 0. The van der Waals surface area contributed by atoms with E-state index in [4.69, 9.17) is 0 Å². The van der Waals surface area contributed by atoms with E-state index in [2.05, 4.69) is 0 Å². The van der Waals surface area contributed by atoms with Crippen LogP contribution < -0.4 is 0 Å². The molecule has 0 atom stereocenters. The first kappa shape index (κ1) is 33.2. The van der Waals surface area contributed by atoms with Gasteiger partial charge in [0, 0.05) is 0 Å². The van der Waals surface area contributed by atoms with E-state index in [1.54, 1.807) is 25.7 Å². The Bertz CT molecular complexity index is 411. The van der Waals surface area contributed by atoms with E-state index in [0.29, 0.717) is 0 Å². The second-order valence-electron chi connectivity index (χ2n) is 13.8. The molecule has 0 amide bonds. The van der Waals surface area contributed by atoms with Gasteiger partial charge in [-0.2, -0.15) is 0 Å². The predicted molar refractivity (Wildman–Crippen MR) is 169 cm³/mol. The fourth-order valence-corrected chi connectivity index (χ4v) is 7.70. The van der Waals surface area contributed by atoms with E-state index in [0.717, 1.165) is 5.41 Å². The van der Waals surface area contributed by atoms with Crippen molar-refractivity contribution in [3.8, 4) is 0 Å². The van der Waals surface area contributed by atoms with Gasteiger partial charge in [-0.15, -0.1) is 0 Å². The first-order chi connectivity index (χ1) is 18.4. The molecular weight excluding hydrogens is 444 g/mol. The molecule has 0 saturated heterocycles. The zero-order valence-electron chi connectivity index (χ0n) is 26.0. The molecule has 0 nitrogen and oxygen atoms in total. The van der Waals surface area contributed by atoms with Gasteiger partial charge in [-0.1, -0.05) is 205 Å². The molecule has 2 rings (SSSR count). The number of hydrogen-bond acceptors (Lipinski definition) is 0. The fourth-order valence-electron chi connectivity index (χ4n) is 7.70. The van der Waals surface area contributed by atoms with Crippen molar-refractivity contribution in [1.29, 1.82) is 0 Å². The van der Waals surface area contributed by atoms with E-state index in [1.807, 2.05) is 0 Å². The minimum absolute atomic E-state index is 0.761. The lowest BCUT2D eigenvalue weighted by Gasteiger charge is -2.38. The molecule has 2 aliphatic rings. The van der Waals surface area contributed by atoms with E-state index in [1.165, 1.54) is 205 Å². The molecule has 0 radical (unpaired) electrons. The van der Waals surface area contributed by atoms with Crippen molar-refractivity contribution in [2.24, 2.45) is 5.41 Å². The lowest BCUT2D eigenvalue weighted by Crippen LogP contribution is -2.24. The van der Waals surface area contributed by atoms with Crippen molar-refractivity contribution in [2.75, 3.05) is 0 Å². The highest BCUT2D eigenvalue weighted by Crippen LogP contribution is 2.44. The Labute approximate surface area is 236 Å². The van der Waals surface area contributed by atoms with Gasteiger partial charge in [-0.05, 0) is 31.1 Å². The predicted octanol–water partition coefficient (Wildman–Crippen LogP) is 14.0. The Balaban J connectivity index is 1.58. The normalized spacial score (nSPS) is 25.9. The van der Waals surface area contributed by atoms with Crippen molar-refractivity contribution in [2.45, 2.75) is 231 Å². The minimum Gasteiger partial charge on any atom is -0.0533 e. The van der Waals surface area contributed by atoms with Crippen LogP contribution in [0.5, 0.6) is 0 Å². The third-order valence-electron chi connectivity index (χ3n) is 10.3. The summed E-state index contributed by atoms with van der Waals surface area (Å²) in [6.07, 6.45) is 54.5. The smallest absolute Gasteiger partial charge is 0.0297 e. The van der Waals surface area contributed by atoms with Crippen molar-refractivity contribution < 1.29 is 0 Å². The summed E-state index contributed by atoms with van der Waals surface area (Å²) in [4.78, 5) is 0. The Morgan fingerprint density at radius 1 is 0.135 bits per heavy atom. The molecule has 2 fully saturated rings. The van der Waals surface area contributed by atoms with Crippen molar-refractivity contribution >= 4 is 0 Å². The topological polar surface area (TPSA) is 0 Å². The van der Waals surface area contributed by atoms with Crippen molar-refractivity contribution in [1.82, 2.24) is 0 Å². The van der Waals surface area contributed by atoms with Gasteiger partial charge >= 0.3 is 0 Å².